The number of carbonyl (C=O) groups is 2. The lowest BCUT2D eigenvalue weighted by atomic mass is 9.92. The predicted octanol–water partition coefficient (Wildman–Crippen LogP) is 3.31. The Bertz CT molecular complexity index is 1550. The fourth-order valence-electron chi connectivity index (χ4n) is 5.16. The normalized spacial score (nSPS) is 16.7. The van der Waals surface area contributed by atoms with E-state index in [4.69, 9.17) is 9.84 Å². The van der Waals surface area contributed by atoms with Gasteiger partial charge < -0.3 is 15.2 Å². The van der Waals surface area contributed by atoms with Crippen molar-refractivity contribution in [2.45, 2.75) is 36.7 Å². The van der Waals surface area contributed by atoms with Gasteiger partial charge in [0.2, 0.25) is 11.8 Å². The van der Waals surface area contributed by atoms with Crippen LogP contribution in [0.2, 0.25) is 0 Å². The van der Waals surface area contributed by atoms with E-state index in [9.17, 15) is 14.7 Å². The Balaban J connectivity index is 1.26. The van der Waals surface area contributed by atoms with Crippen LogP contribution in [0.25, 0.3) is 16.7 Å². The molecule has 2 N–H and O–H groups in total. The van der Waals surface area contributed by atoms with Crippen LogP contribution in [0.1, 0.15) is 23.2 Å². The molecular formula is C27H26N6O4S. The van der Waals surface area contributed by atoms with Crippen LogP contribution < -0.4 is 10.1 Å². The molecule has 0 radical (unpaired) electrons. The number of thioether (sulfide) groups is 1. The van der Waals surface area contributed by atoms with Crippen molar-refractivity contribution in [1.82, 2.24) is 24.6 Å². The van der Waals surface area contributed by atoms with Crippen LogP contribution >= 0.6 is 11.8 Å². The molecule has 0 saturated heterocycles. The lowest BCUT2D eigenvalue weighted by Crippen LogP contribution is -2.41. The van der Waals surface area contributed by atoms with Crippen molar-refractivity contribution in [1.29, 1.82) is 0 Å². The van der Waals surface area contributed by atoms with Gasteiger partial charge in [-0.15, -0.1) is 11.8 Å². The molecule has 10 nitrogen and oxygen atoms in total. The second-order valence-electron chi connectivity index (χ2n) is 9.46. The maximum atomic E-state index is 11.8. The number of anilines is 1. The summed E-state index contributed by atoms with van der Waals surface area (Å²) < 4.78 is 7.15. The molecule has 4 heterocycles. The van der Waals surface area contributed by atoms with Gasteiger partial charge in [-0.1, -0.05) is 6.07 Å². The minimum absolute atomic E-state index is 0.0190. The summed E-state index contributed by atoms with van der Waals surface area (Å²) in [6.45, 7) is 0.415. The number of carboxylic acids is 1. The number of methoxy groups -OCH3 is 1. The largest absolute Gasteiger partial charge is 0.481 e. The topological polar surface area (TPSA) is 122 Å². The lowest BCUT2D eigenvalue weighted by molar-refractivity contribution is -0.139. The van der Waals surface area contributed by atoms with Gasteiger partial charge in [0.05, 0.1) is 42.0 Å². The van der Waals surface area contributed by atoms with E-state index in [-0.39, 0.29) is 18.5 Å². The van der Waals surface area contributed by atoms with E-state index in [2.05, 4.69) is 15.3 Å². The quantitative estimate of drug-likeness (QED) is 0.370. The molecule has 1 aliphatic heterocycles. The number of aryl methyl sites for hydroxylation is 1. The molecule has 38 heavy (non-hydrogen) atoms. The van der Waals surface area contributed by atoms with Gasteiger partial charge in [-0.2, -0.15) is 5.10 Å². The molecule has 0 spiro atoms. The van der Waals surface area contributed by atoms with Gasteiger partial charge in [-0.05, 0) is 54.7 Å². The van der Waals surface area contributed by atoms with E-state index < -0.39 is 5.97 Å². The van der Waals surface area contributed by atoms with Crippen LogP contribution in [-0.2, 0) is 29.0 Å². The molecule has 6 rings (SSSR count). The van der Waals surface area contributed by atoms with E-state index in [1.807, 2.05) is 46.1 Å². The van der Waals surface area contributed by atoms with Crippen LogP contribution in [0.4, 0.5) is 5.69 Å². The molecule has 1 amide bonds. The minimum Gasteiger partial charge on any atom is -0.481 e. The predicted molar refractivity (Wildman–Crippen MR) is 143 cm³/mol. The number of nitrogens with zero attached hydrogens (tertiary/aromatic N) is 5. The SMILES string of the molecule is COc1ccc2nccc(-n3cc4c(n3)CCC(N(CC(=O)O)Cc3ccc5c(c3)NC(=O)CS5)C4)c2n1. The number of hydrogen-bond acceptors (Lipinski definition) is 8. The minimum atomic E-state index is -0.864. The summed E-state index contributed by atoms with van der Waals surface area (Å²) in [4.78, 5) is 35.7. The van der Waals surface area contributed by atoms with Crippen molar-refractivity contribution < 1.29 is 19.4 Å². The van der Waals surface area contributed by atoms with Crippen LogP contribution in [0.3, 0.4) is 0 Å². The van der Waals surface area contributed by atoms with Crippen LogP contribution in [0.5, 0.6) is 5.88 Å². The van der Waals surface area contributed by atoms with Crippen LogP contribution in [0, 0.1) is 0 Å². The highest BCUT2D eigenvalue weighted by molar-refractivity contribution is 8.00. The number of pyridine rings is 2. The van der Waals surface area contributed by atoms with Gasteiger partial charge >= 0.3 is 5.97 Å². The van der Waals surface area contributed by atoms with Gasteiger partial charge in [-0.25, -0.2) is 9.67 Å². The number of rotatable bonds is 7. The lowest BCUT2D eigenvalue weighted by Gasteiger charge is -2.33. The molecule has 2 aliphatic rings. The maximum absolute atomic E-state index is 11.8. The number of aliphatic carboxylic acids is 1. The zero-order valence-electron chi connectivity index (χ0n) is 20.8. The fourth-order valence-corrected chi connectivity index (χ4v) is 5.95. The highest BCUT2D eigenvalue weighted by atomic mass is 32.2. The second kappa shape index (κ2) is 10.1. The monoisotopic (exact) mass is 530 g/mol. The van der Waals surface area contributed by atoms with Crippen molar-refractivity contribution in [2.75, 3.05) is 24.7 Å². The number of ether oxygens (including phenoxy) is 1. The zero-order valence-corrected chi connectivity index (χ0v) is 21.6. The van der Waals surface area contributed by atoms with Crippen molar-refractivity contribution >= 4 is 40.4 Å². The number of benzene rings is 1. The smallest absolute Gasteiger partial charge is 0.317 e. The first-order valence-electron chi connectivity index (χ1n) is 12.4. The summed E-state index contributed by atoms with van der Waals surface area (Å²) in [5, 5.41) is 17.4. The van der Waals surface area contributed by atoms with Crippen molar-refractivity contribution in [3.63, 3.8) is 0 Å². The van der Waals surface area contributed by atoms with Crippen molar-refractivity contribution in [2.24, 2.45) is 0 Å². The Morgan fingerprint density at radius 1 is 1.29 bits per heavy atom. The van der Waals surface area contributed by atoms with Crippen molar-refractivity contribution in [3.8, 4) is 11.6 Å². The number of aromatic nitrogens is 4. The first kappa shape index (κ1) is 24.4. The number of fused-ring (bicyclic) bond motifs is 3. The molecule has 0 fully saturated rings. The van der Waals surface area contributed by atoms with E-state index in [0.29, 0.717) is 30.1 Å². The first-order chi connectivity index (χ1) is 18.5. The van der Waals surface area contributed by atoms with E-state index in [1.54, 1.807) is 19.4 Å². The average Bonchev–Trinajstić information content (AvgIpc) is 3.35. The Morgan fingerprint density at radius 2 is 2.18 bits per heavy atom. The Hall–Kier alpha value is -3.96. The van der Waals surface area contributed by atoms with E-state index in [0.717, 1.165) is 51.4 Å². The third-order valence-corrected chi connectivity index (χ3v) is 8.03. The summed E-state index contributed by atoms with van der Waals surface area (Å²) in [5.41, 5.74) is 6.14. The summed E-state index contributed by atoms with van der Waals surface area (Å²) >= 11 is 1.51. The maximum Gasteiger partial charge on any atom is 0.317 e. The van der Waals surface area contributed by atoms with E-state index >= 15 is 0 Å². The number of hydrogen-bond donors (Lipinski definition) is 2. The zero-order chi connectivity index (χ0) is 26.2. The molecule has 0 saturated carbocycles. The molecule has 1 aromatic carbocycles. The second-order valence-corrected chi connectivity index (χ2v) is 10.5. The molecule has 1 atom stereocenters. The molecule has 3 aromatic heterocycles. The number of carboxylic acid groups (broad SMARTS) is 1. The highest BCUT2D eigenvalue weighted by Gasteiger charge is 2.29. The Labute approximate surface area is 223 Å². The Morgan fingerprint density at radius 3 is 3.03 bits per heavy atom. The third-order valence-electron chi connectivity index (χ3n) is 6.96. The van der Waals surface area contributed by atoms with Crippen LogP contribution in [0.15, 0.2) is 53.7 Å². The van der Waals surface area contributed by atoms with E-state index in [1.165, 1.54) is 11.8 Å². The van der Waals surface area contributed by atoms with Crippen molar-refractivity contribution in [3.05, 3.63) is 65.6 Å². The molecule has 11 heteroatoms. The number of nitrogens with one attached hydrogen (secondary N) is 1. The summed E-state index contributed by atoms with van der Waals surface area (Å²) in [6, 6.07) is 11.6. The molecule has 1 aliphatic carbocycles. The summed E-state index contributed by atoms with van der Waals surface area (Å²) in [7, 11) is 1.58. The number of carbonyl (C=O) groups excluding carboxylic acids is 1. The molecular weight excluding hydrogens is 504 g/mol. The van der Waals surface area contributed by atoms with Gasteiger partial charge in [0.25, 0.3) is 0 Å². The van der Waals surface area contributed by atoms with Gasteiger partial charge in [0, 0.05) is 35.9 Å². The number of amides is 1. The molecule has 0 bridgehead atoms. The van der Waals surface area contributed by atoms with Gasteiger partial charge in [-0.3, -0.25) is 19.5 Å². The highest BCUT2D eigenvalue weighted by Crippen LogP contribution is 2.33. The standard InChI is InChI=1S/C27H26N6O4S/c1-37-25-7-5-20-27(30-25)22(8-9-28-20)33-13-17-11-18(3-4-19(17)31-33)32(14-26(35)36)12-16-2-6-23-21(10-16)29-24(34)15-38-23/h2,5-10,13,18H,3-4,11-12,14-15H2,1H3,(H,29,34)(H,35,36). The van der Waals surface area contributed by atoms with Crippen LogP contribution in [-0.4, -0.2) is 67.1 Å². The van der Waals surface area contributed by atoms with Gasteiger partial charge in [0.15, 0.2) is 0 Å². The van der Waals surface area contributed by atoms with Gasteiger partial charge in [0.1, 0.15) is 5.52 Å². The summed E-state index contributed by atoms with van der Waals surface area (Å²) in [6.07, 6.45) is 6.00. The first-order valence-corrected chi connectivity index (χ1v) is 13.3. The molecule has 4 aromatic rings. The molecule has 1 unspecified atom stereocenters. The fraction of sp³-hybridized carbons (Fsp3) is 0.296. The third kappa shape index (κ3) is 4.82. The average molecular weight is 531 g/mol. The molecule has 194 valence electrons. The summed E-state index contributed by atoms with van der Waals surface area (Å²) in [5.74, 6) is 0.0357. The Kier molecular flexibility index (Phi) is 6.46.